The van der Waals surface area contributed by atoms with E-state index in [0.717, 1.165) is 16.3 Å². The Hall–Kier alpha value is -3.61. The molecule has 0 radical (unpaired) electrons. The number of hydrogen-bond acceptors (Lipinski definition) is 5. The molecule has 1 N–H and O–H groups in total. The van der Waals surface area contributed by atoms with Crippen LogP contribution in [0.5, 0.6) is 0 Å². The standard InChI is InChI=1S/C26H20ClNO5/c1-32-12-11-28-23(19-8-4-6-15-5-2-3-7-18(15)19)22(25(30)26(28)31)24(29)21-14-16-13-17(27)9-10-20(16)33-21/h2-10,13-14,23,30H,11-12H2,1H3. The number of nitrogens with zero attached hydrogens (tertiary/aromatic N) is 1. The predicted molar refractivity (Wildman–Crippen MR) is 125 cm³/mol. The molecular weight excluding hydrogens is 442 g/mol. The topological polar surface area (TPSA) is 80.0 Å². The van der Waals surface area contributed by atoms with Crippen molar-refractivity contribution in [3.8, 4) is 0 Å². The number of ether oxygens (including phenoxy) is 1. The third-order valence-corrected chi connectivity index (χ3v) is 6.14. The average molecular weight is 462 g/mol. The van der Waals surface area contributed by atoms with Gasteiger partial charge in [-0.3, -0.25) is 9.59 Å². The summed E-state index contributed by atoms with van der Waals surface area (Å²) in [6.45, 7) is 0.463. The van der Waals surface area contributed by atoms with Crippen LogP contribution < -0.4 is 0 Å². The first-order valence-corrected chi connectivity index (χ1v) is 10.8. The first-order valence-electron chi connectivity index (χ1n) is 10.4. The first-order chi connectivity index (χ1) is 16.0. The Morgan fingerprint density at radius 2 is 1.88 bits per heavy atom. The number of fused-ring (bicyclic) bond motifs is 2. The molecule has 166 valence electrons. The van der Waals surface area contributed by atoms with Crippen molar-refractivity contribution in [2.45, 2.75) is 6.04 Å². The number of rotatable bonds is 6. The Labute approximate surface area is 194 Å². The van der Waals surface area contributed by atoms with Crippen LogP contribution in [0.25, 0.3) is 21.7 Å². The third-order valence-electron chi connectivity index (χ3n) is 5.90. The molecule has 0 spiro atoms. The van der Waals surface area contributed by atoms with Crippen LogP contribution in [-0.4, -0.2) is 42.0 Å². The lowest BCUT2D eigenvalue weighted by Gasteiger charge is -2.27. The van der Waals surface area contributed by atoms with Crippen molar-refractivity contribution in [3.63, 3.8) is 0 Å². The molecule has 1 amide bonds. The zero-order valence-corrected chi connectivity index (χ0v) is 18.5. The zero-order valence-electron chi connectivity index (χ0n) is 17.7. The van der Waals surface area contributed by atoms with Gasteiger partial charge < -0.3 is 19.2 Å². The lowest BCUT2D eigenvalue weighted by Crippen LogP contribution is -2.34. The van der Waals surface area contributed by atoms with Crippen LogP contribution in [0.1, 0.15) is 22.2 Å². The number of ketones is 1. The maximum Gasteiger partial charge on any atom is 0.290 e. The summed E-state index contributed by atoms with van der Waals surface area (Å²) < 4.78 is 10.9. The van der Waals surface area contributed by atoms with Crippen LogP contribution in [0.15, 0.2) is 82.5 Å². The van der Waals surface area contributed by atoms with Crippen molar-refractivity contribution in [3.05, 3.63) is 94.4 Å². The molecule has 5 rings (SSSR count). The van der Waals surface area contributed by atoms with Gasteiger partial charge in [-0.2, -0.15) is 0 Å². The summed E-state index contributed by atoms with van der Waals surface area (Å²) in [5.74, 6) is -1.72. The Morgan fingerprint density at radius 3 is 2.70 bits per heavy atom. The van der Waals surface area contributed by atoms with E-state index in [2.05, 4.69) is 0 Å². The molecule has 1 atom stereocenters. The normalized spacial score (nSPS) is 16.4. The highest BCUT2D eigenvalue weighted by atomic mass is 35.5. The van der Waals surface area contributed by atoms with E-state index < -0.39 is 23.5 Å². The summed E-state index contributed by atoms with van der Waals surface area (Å²) in [5.41, 5.74) is 1.21. The molecule has 0 saturated carbocycles. The van der Waals surface area contributed by atoms with E-state index in [1.54, 1.807) is 24.3 Å². The van der Waals surface area contributed by atoms with E-state index >= 15 is 0 Å². The molecule has 1 aliphatic rings. The number of aliphatic hydroxyl groups excluding tert-OH is 1. The number of halogens is 1. The molecular formula is C26H20ClNO5. The van der Waals surface area contributed by atoms with E-state index in [4.69, 9.17) is 20.8 Å². The number of amides is 1. The minimum Gasteiger partial charge on any atom is -0.503 e. The number of benzene rings is 3. The molecule has 33 heavy (non-hydrogen) atoms. The van der Waals surface area contributed by atoms with Gasteiger partial charge >= 0.3 is 0 Å². The number of carbonyl (C=O) groups is 2. The second kappa shape index (κ2) is 8.39. The summed E-state index contributed by atoms with van der Waals surface area (Å²) in [5, 5.41) is 13.9. The summed E-state index contributed by atoms with van der Waals surface area (Å²) in [6.07, 6.45) is 0. The Morgan fingerprint density at radius 1 is 1.09 bits per heavy atom. The van der Waals surface area contributed by atoms with Gasteiger partial charge in [0.15, 0.2) is 11.5 Å². The fourth-order valence-corrected chi connectivity index (χ4v) is 4.56. The van der Waals surface area contributed by atoms with Gasteiger partial charge in [-0.1, -0.05) is 54.1 Å². The van der Waals surface area contributed by atoms with Gasteiger partial charge in [0.1, 0.15) is 5.58 Å². The molecule has 0 bridgehead atoms. The number of aliphatic hydroxyl groups is 1. The van der Waals surface area contributed by atoms with Crippen LogP contribution in [0.3, 0.4) is 0 Å². The van der Waals surface area contributed by atoms with Crippen LogP contribution in [0.2, 0.25) is 5.02 Å². The molecule has 7 heteroatoms. The highest BCUT2D eigenvalue weighted by Crippen LogP contribution is 2.42. The highest BCUT2D eigenvalue weighted by Gasteiger charge is 2.44. The van der Waals surface area contributed by atoms with Gasteiger partial charge in [0, 0.05) is 24.1 Å². The van der Waals surface area contributed by atoms with Gasteiger partial charge in [-0.25, -0.2) is 0 Å². The fraction of sp³-hybridized carbons (Fsp3) is 0.154. The Bertz CT molecular complexity index is 1430. The lowest BCUT2D eigenvalue weighted by molar-refractivity contribution is -0.130. The van der Waals surface area contributed by atoms with Crippen LogP contribution in [-0.2, 0) is 9.53 Å². The zero-order chi connectivity index (χ0) is 23.1. The third kappa shape index (κ3) is 3.57. The summed E-state index contributed by atoms with van der Waals surface area (Å²) >= 11 is 6.06. The Balaban J connectivity index is 1.67. The van der Waals surface area contributed by atoms with Gasteiger partial charge in [-0.05, 0) is 40.6 Å². The fourth-order valence-electron chi connectivity index (χ4n) is 4.38. The molecule has 0 fully saturated rings. The number of hydrogen-bond donors (Lipinski definition) is 1. The first kappa shape index (κ1) is 21.2. The summed E-state index contributed by atoms with van der Waals surface area (Å²) in [7, 11) is 1.53. The quantitative estimate of drug-likeness (QED) is 0.385. The van der Waals surface area contributed by atoms with Crippen LogP contribution in [0.4, 0.5) is 0 Å². The molecule has 4 aromatic rings. The van der Waals surface area contributed by atoms with E-state index in [0.29, 0.717) is 16.0 Å². The average Bonchev–Trinajstić information content (AvgIpc) is 3.35. The van der Waals surface area contributed by atoms with Gasteiger partial charge in [0.2, 0.25) is 5.78 Å². The van der Waals surface area contributed by atoms with Gasteiger partial charge in [0.25, 0.3) is 5.91 Å². The number of methoxy groups -OCH3 is 1. The maximum absolute atomic E-state index is 13.6. The van der Waals surface area contributed by atoms with Crippen molar-refractivity contribution >= 4 is 45.0 Å². The van der Waals surface area contributed by atoms with Crippen molar-refractivity contribution in [1.82, 2.24) is 4.90 Å². The molecule has 6 nitrogen and oxygen atoms in total. The molecule has 3 aromatic carbocycles. The van der Waals surface area contributed by atoms with E-state index in [1.165, 1.54) is 12.0 Å². The minimum atomic E-state index is -0.789. The predicted octanol–water partition coefficient (Wildman–Crippen LogP) is 5.46. The molecule has 0 aliphatic carbocycles. The number of Topliss-reactive ketones (excluding diaryl/α,β-unsaturated/α-hetero) is 1. The van der Waals surface area contributed by atoms with Crippen LogP contribution >= 0.6 is 11.6 Å². The molecule has 1 aromatic heterocycles. The van der Waals surface area contributed by atoms with Crippen LogP contribution in [0, 0.1) is 0 Å². The summed E-state index contributed by atoms with van der Waals surface area (Å²) in [4.78, 5) is 28.2. The Kier molecular flexibility index (Phi) is 5.40. The lowest BCUT2D eigenvalue weighted by atomic mass is 9.91. The van der Waals surface area contributed by atoms with Crippen molar-refractivity contribution in [1.29, 1.82) is 0 Å². The summed E-state index contributed by atoms with van der Waals surface area (Å²) in [6, 6.07) is 19.2. The monoisotopic (exact) mass is 461 g/mol. The van der Waals surface area contributed by atoms with Crippen molar-refractivity contribution < 1.29 is 23.8 Å². The molecule has 1 aliphatic heterocycles. The number of carbonyl (C=O) groups excluding carboxylic acids is 2. The van der Waals surface area contributed by atoms with E-state index in [1.807, 2.05) is 42.5 Å². The van der Waals surface area contributed by atoms with Crippen molar-refractivity contribution in [2.24, 2.45) is 0 Å². The molecule has 0 saturated heterocycles. The number of furan rings is 1. The van der Waals surface area contributed by atoms with E-state index in [9.17, 15) is 14.7 Å². The second-order valence-corrected chi connectivity index (χ2v) is 8.28. The maximum atomic E-state index is 13.6. The smallest absolute Gasteiger partial charge is 0.290 e. The largest absolute Gasteiger partial charge is 0.503 e. The molecule has 1 unspecified atom stereocenters. The second-order valence-electron chi connectivity index (χ2n) is 7.85. The van der Waals surface area contributed by atoms with Gasteiger partial charge in [0.05, 0.1) is 18.2 Å². The van der Waals surface area contributed by atoms with E-state index in [-0.39, 0.29) is 24.5 Å². The SMILES string of the molecule is COCCN1C(=O)C(O)=C(C(=O)c2cc3cc(Cl)ccc3o2)C1c1cccc2ccccc12. The molecule has 2 heterocycles. The van der Waals surface area contributed by atoms with Crippen molar-refractivity contribution in [2.75, 3.05) is 20.3 Å². The van der Waals surface area contributed by atoms with Gasteiger partial charge in [-0.15, -0.1) is 0 Å². The highest BCUT2D eigenvalue weighted by molar-refractivity contribution is 6.31. The minimum absolute atomic E-state index is 0.0161.